The fourth-order valence-electron chi connectivity index (χ4n) is 1.73. The van der Waals surface area contributed by atoms with E-state index in [1.165, 1.54) is 12.8 Å². The Labute approximate surface area is 89.3 Å². The lowest BCUT2D eigenvalue weighted by molar-refractivity contribution is 0.479. The molecule has 1 aliphatic heterocycles. The molecule has 2 heterocycles. The number of pyridine rings is 1. The number of anilines is 1. The Morgan fingerprint density at radius 2 is 2.47 bits per heavy atom. The molecule has 4 nitrogen and oxygen atoms in total. The van der Waals surface area contributed by atoms with E-state index in [-0.39, 0.29) is 0 Å². The zero-order valence-corrected chi connectivity index (χ0v) is 8.53. The van der Waals surface area contributed by atoms with Gasteiger partial charge in [-0.15, -0.1) is 0 Å². The second kappa shape index (κ2) is 4.76. The van der Waals surface area contributed by atoms with Gasteiger partial charge >= 0.3 is 0 Å². The number of hydrogen-bond donors (Lipinski definition) is 2. The summed E-state index contributed by atoms with van der Waals surface area (Å²) in [5.74, 6) is 0.850. The van der Waals surface area contributed by atoms with E-state index in [4.69, 9.17) is 5.26 Å². The smallest absolute Gasteiger partial charge is 0.126 e. The molecule has 1 aromatic rings. The van der Waals surface area contributed by atoms with Crippen LogP contribution in [0.1, 0.15) is 18.4 Å². The summed E-state index contributed by atoms with van der Waals surface area (Å²) in [7, 11) is 0. The maximum atomic E-state index is 8.63. The van der Waals surface area contributed by atoms with Gasteiger partial charge in [0.05, 0.1) is 5.56 Å². The fraction of sp³-hybridized carbons (Fsp3) is 0.455. The average molecular weight is 202 g/mol. The minimum Gasteiger partial charge on any atom is -0.366 e. The Hall–Kier alpha value is -1.60. The predicted octanol–water partition coefficient (Wildman–Crippen LogP) is 1.12. The number of nitriles is 1. The van der Waals surface area contributed by atoms with E-state index in [9.17, 15) is 0 Å². The molecule has 2 N–H and O–H groups in total. The van der Waals surface area contributed by atoms with Crippen LogP contribution in [-0.4, -0.2) is 24.1 Å². The summed E-state index contributed by atoms with van der Waals surface area (Å²) in [6.45, 7) is 2.10. The molecule has 0 saturated carbocycles. The molecule has 0 aliphatic carbocycles. The topological polar surface area (TPSA) is 60.7 Å². The van der Waals surface area contributed by atoms with E-state index in [1.54, 1.807) is 12.3 Å². The van der Waals surface area contributed by atoms with Crippen LogP contribution in [0, 0.1) is 11.3 Å². The normalized spacial score (nSPS) is 20.6. The Bertz CT molecular complexity index is 346. The van der Waals surface area contributed by atoms with Crippen LogP contribution in [0.4, 0.5) is 5.82 Å². The summed E-state index contributed by atoms with van der Waals surface area (Å²) in [5.41, 5.74) is 0.599. The van der Waals surface area contributed by atoms with Crippen molar-refractivity contribution >= 4 is 5.82 Å². The summed E-state index contributed by atoms with van der Waals surface area (Å²) in [6.07, 6.45) is 3.97. The van der Waals surface area contributed by atoms with Gasteiger partial charge in [0.25, 0.3) is 0 Å². The van der Waals surface area contributed by atoms with Gasteiger partial charge in [-0.1, -0.05) is 0 Å². The van der Waals surface area contributed by atoms with Crippen LogP contribution < -0.4 is 10.6 Å². The molecule has 0 amide bonds. The van der Waals surface area contributed by atoms with Crippen LogP contribution in [0.25, 0.3) is 0 Å². The maximum absolute atomic E-state index is 8.63. The first kappa shape index (κ1) is 9.94. The van der Waals surface area contributed by atoms with Crippen molar-refractivity contribution < 1.29 is 0 Å². The molecular formula is C11H14N4. The summed E-state index contributed by atoms with van der Waals surface area (Å²) in [5, 5.41) is 15.3. The van der Waals surface area contributed by atoms with Crippen LogP contribution in [0.5, 0.6) is 0 Å². The molecule has 1 aliphatic rings. The Morgan fingerprint density at radius 3 is 3.07 bits per heavy atom. The van der Waals surface area contributed by atoms with Crippen molar-refractivity contribution in [3.63, 3.8) is 0 Å². The quantitative estimate of drug-likeness (QED) is 0.754. The molecule has 1 fully saturated rings. The molecule has 0 spiro atoms. The van der Waals surface area contributed by atoms with E-state index in [0.29, 0.717) is 11.6 Å². The molecular weight excluding hydrogens is 188 g/mol. The van der Waals surface area contributed by atoms with Crippen molar-refractivity contribution in [2.45, 2.75) is 18.9 Å². The molecule has 0 radical (unpaired) electrons. The first-order chi connectivity index (χ1) is 7.38. The predicted molar refractivity (Wildman–Crippen MR) is 58.5 cm³/mol. The number of nitrogens with one attached hydrogen (secondary N) is 2. The molecule has 0 aromatic carbocycles. The molecule has 0 unspecified atom stereocenters. The van der Waals surface area contributed by atoms with Crippen molar-refractivity contribution in [2.24, 2.45) is 0 Å². The Balaban J connectivity index is 1.95. The first-order valence-electron chi connectivity index (χ1n) is 5.22. The lowest BCUT2D eigenvalue weighted by Crippen LogP contribution is -2.38. The highest BCUT2D eigenvalue weighted by atomic mass is 15.1. The number of rotatable bonds is 2. The monoisotopic (exact) mass is 202 g/mol. The minimum absolute atomic E-state index is 0.458. The van der Waals surface area contributed by atoms with E-state index in [2.05, 4.69) is 21.7 Å². The SMILES string of the molecule is N#Cc1ccc(N[C@@H]2CCCNC2)nc1. The largest absolute Gasteiger partial charge is 0.366 e. The van der Waals surface area contributed by atoms with E-state index in [1.807, 2.05) is 6.07 Å². The van der Waals surface area contributed by atoms with E-state index in [0.717, 1.165) is 18.9 Å². The standard InChI is InChI=1S/C11H14N4/c12-6-9-3-4-11(14-7-9)15-10-2-1-5-13-8-10/h3-4,7,10,13H,1-2,5,8H2,(H,14,15)/t10-/m1/s1. The molecule has 1 atom stereocenters. The van der Waals surface area contributed by atoms with Gasteiger partial charge in [0.15, 0.2) is 0 Å². The molecule has 78 valence electrons. The molecule has 0 bridgehead atoms. The zero-order chi connectivity index (χ0) is 10.5. The van der Waals surface area contributed by atoms with Crippen molar-refractivity contribution in [1.82, 2.24) is 10.3 Å². The van der Waals surface area contributed by atoms with Crippen LogP contribution in [-0.2, 0) is 0 Å². The lowest BCUT2D eigenvalue weighted by Gasteiger charge is -2.24. The van der Waals surface area contributed by atoms with Gasteiger partial charge in [0, 0.05) is 18.8 Å². The van der Waals surface area contributed by atoms with Crippen molar-refractivity contribution in [1.29, 1.82) is 5.26 Å². The van der Waals surface area contributed by atoms with Gasteiger partial charge in [0.2, 0.25) is 0 Å². The van der Waals surface area contributed by atoms with Crippen molar-refractivity contribution in [3.05, 3.63) is 23.9 Å². The van der Waals surface area contributed by atoms with Crippen LogP contribution >= 0.6 is 0 Å². The number of nitrogens with zero attached hydrogens (tertiary/aromatic N) is 2. The van der Waals surface area contributed by atoms with Crippen molar-refractivity contribution in [2.75, 3.05) is 18.4 Å². The summed E-state index contributed by atoms with van der Waals surface area (Å²) >= 11 is 0. The molecule has 4 heteroatoms. The second-order valence-electron chi connectivity index (χ2n) is 3.73. The average Bonchev–Trinajstić information content (AvgIpc) is 2.31. The molecule has 15 heavy (non-hydrogen) atoms. The van der Waals surface area contributed by atoms with Crippen LogP contribution in [0.15, 0.2) is 18.3 Å². The van der Waals surface area contributed by atoms with Crippen LogP contribution in [0.2, 0.25) is 0 Å². The fourth-order valence-corrected chi connectivity index (χ4v) is 1.73. The third-order valence-electron chi connectivity index (χ3n) is 2.54. The lowest BCUT2D eigenvalue weighted by atomic mass is 10.1. The molecule has 1 aromatic heterocycles. The van der Waals surface area contributed by atoms with E-state index < -0.39 is 0 Å². The van der Waals surface area contributed by atoms with E-state index >= 15 is 0 Å². The van der Waals surface area contributed by atoms with Crippen molar-refractivity contribution in [3.8, 4) is 6.07 Å². The van der Waals surface area contributed by atoms with Gasteiger partial charge in [-0.3, -0.25) is 0 Å². The summed E-state index contributed by atoms with van der Waals surface area (Å²) in [4.78, 5) is 4.18. The minimum atomic E-state index is 0.458. The Morgan fingerprint density at radius 1 is 1.53 bits per heavy atom. The van der Waals surface area contributed by atoms with Gasteiger partial charge in [-0.25, -0.2) is 4.98 Å². The number of hydrogen-bond acceptors (Lipinski definition) is 4. The molecule has 1 saturated heterocycles. The zero-order valence-electron chi connectivity index (χ0n) is 8.53. The van der Waals surface area contributed by atoms with Gasteiger partial charge in [-0.2, -0.15) is 5.26 Å². The maximum Gasteiger partial charge on any atom is 0.126 e. The first-order valence-corrected chi connectivity index (χ1v) is 5.22. The third-order valence-corrected chi connectivity index (χ3v) is 2.54. The second-order valence-corrected chi connectivity index (χ2v) is 3.73. The van der Waals surface area contributed by atoms with Gasteiger partial charge < -0.3 is 10.6 Å². The molecule has 2 rings (SSSR count). The van der Waals surface area contributed by atoms with Crippen LogP contribution in [0.3, 0.4) is 0 Å². The van der Waals surface area contributed by atoms with Gasteiger partial charge in [0.1, 0.15) is 11.9 Å². The number of aromatic nitrogens is 1. The number of piperidine rings is 1. The van der Waals surface area contributed by atoms with Gasteiger partial charge in [-0.05, 0) is 31.5 Å². The highest BCUT2D eigenvalue weighted by Crippen LogP contribution is 2.10. The Kier molecular flexibility index (Phi) is 3.15. The highest BCUT2D eigenvalue weighted by Gasteiger charge is 2.12. The third kappa shape index (κ3) is 2.67. The summed E-state index contributed by atoms with van der Waals surface area (Å²) < 4.78 is 0. The highest BCUT2D eigenvalue weighted by molar-refractivity contribution is 5.39. The summed E-state index contributed by atoms with van der Waals surface area (Å²) in [6, 6.07) is 6.15.